The summed E-state index contributed by atoms with van der Waals surface area (Å²) in [5.74, 6) is 1.12. The van der Waals surface area contributed by atoms with Crippen LogP contribution in [0.25, 0.3) is 0 Å². The topological polar surface area (TPSA) is 67.8 Å². The minimum absolute atomic E-state index is 0.0312. The number of amides is 1. The number of aliphatic hydroxyl groups is 1. The molecule has 1 unspecified atom stereocenters. The molecule has 0 radical (unpaired) electrons. The lowest BCUT2D eigenvalue weighted by Crippen LogP contribution is -2.30. The SMILES string of the molecule is COc1cccc(OCC(=O)NCCc2ccc(C(C)O)s2)c1. The normalized spacial score (nSPS) is 11.8. The first-order chi connectivity index (χ1) is 11.1. The molecule has 1 aromatic heterocycles. The second kappa shape index (κ2) is 8.55. The van der Waals surface area contributed by atoms with E-state index >= 15 is 0 Å². The van der Waals surface area contributed by atoms with Crippen LogP contribution in [0, 0.1) is 0 Å². The van der Waals surface area contributed by atoms with Gasteiger partial charge >= 0.3 is 0 Å². The maximum Gasteiger partial charge on any atom is 0.257 e. The van der Waals surface area contributed by atoms with Crippen molar-refractivity contribution in [2.45, 2.75) is 19.4 Å². The standard InChI is InChI=1S/C17H21NO4S/c1-12(19)16-7-6-15(23-16)8-9-18-17(20)11-22-14-5-3-4-13(10-14)21-2/h3-7,10,12,19H,8-9,11H2,1-2H3,(H,18,20). The predicted molar refractivity (Wildman–Crippen MR) is 90.2 cm³/mol. The zero-order valence-electron chi connectivity index (χ0n) is 13.2. The van der Waals surface area contributed by atoms with E-state index in [0.29, 0.717) is 18.0 Å². The largest absolute Gasteiger partial charge is 0.497 e. The average molecular weight is 335 g/mol. The number of ether oxygens (including phenoxy) is 2. The third-order valence-corrected chi connectivity index (χ3v) is 4.51. The molecule has 2 aromatic rings. The van der Waals surface area contributed by atoms with Crippen LogP contribution < -0.4 is 14.8 Å². The summed E-state index contributed by atoms with van der Waals surface area (Å²) < 4.78 is 10.5. The Morgan fingerprint density at radius 2 is 2.09 bits per heavy atom. The van der Waals surface area contributed by atoms with Gasteiger partial charge in [0.15, 0.2) is 6.61 Å². The Hall–Kier alpha value is -2.05. The van der Waals surface area contributed by atoms with Crippen LogP contribution in [0.1, 0.15) is 22.8 Å². The number of methoxy groups -OCH3 is 1. The molecule has 0 aliphatic heterocycles. The zero-order valence-corrected chi connectivity index (χ0v) is 14.1. The maximum absolute atomic E-state index is 11.8. The Kier molecular flexibility index (Phi) is 6.43. The first-order valence-electron chi connectivity index (χ1n) is 7.38. The van der Waals surface area contributed by atoms with Gasteiger partial charge in [0.2, 0.25) is 0 Å². The number of carbonyl (C=O) groups is 1. The number of thiophene rings is 1. The molecule has 5 nitrogen and oxygen atoms in total. The lowest BCUT2D eigenvalue weighted by atomic mass is 10.3. The molecule has 1 amide bonds. The molecule has 1 aromatic carbocycles. The molecular formula is C17H21NO4S. The Labute approximate surface area is 139 Å². The Morgan fingerprint density at radius 3 is 2.78 bits per heavy atom. The van der Waals surface area contributed by atoms with E-state index in [1.165, 1.54) is 0 Å². The summed E-state index contributed by atoms with van der Waals surface area (Å²) in [6, 6.07) is 11.0. The molecule has 0 spiro atoms. The average Bonchev–Trinajstić information content (AvgIpc) is 3.02. The van der Waals surface area contributed by atoms with Crippen molar-refractivity contribution in [3.63, 3.8) is 0 Å². The van der Waals surface area contributed by atoms with Gasteiger partial charge in [-0.05, 0) is 37.6 Å². The molecule has 0 saturated heterocycles. The summed E-state index contributed by atoms with van der Waals surface area (Å²) >= 11 is 1.56. The van der Waals surface area contributed by atoms with E-state index in [2.05, 4.69) is 5.32 Å². The van der Waals surface area contributed by atoms with Crippen LogP contribution >= 0.6 is 11.3 Å². The molecule has 0 saturated carbocycles. The number of hydrogen-bond acceptors (Lipinski definition) is 5. The lowest BCUT2D eigenvalue weighted by Gasteiger charge is -2.08. The van der Waals surface area contributed by atoms with Crippen LogP contribution in [-0.2, 0) is 11.2 Å². The molecule has 1 heterocycles. The molecule has 1 atom stereocenters. The number of rotatable bonds is 8. The van der Waals surface area contributed by atoms with Gasteiger partial charge in [0.25, 0.3) is 5.91 Å². The van der Waals surface area contributed by atoms with Crippen molar-refractivity contribution in [1.29, 1.82) is 0 Å². The first kappa shape index (κ1) is 17.3. The van der Waals surface area contributed by atoms with Gasteiger partial charge in [-0.15, -0.1) is 11.3 Å². The highest BCUT2D eigenvalue weighted by Gasteiger charge is 2.07. The third-order valence-electron chi connectivity index (χ3n) is 3.20. The summed E-state index contributed by atoms with van der Waals surface area (Å²) in [6.45, 7) is 2.25. The Bertz CT molecular complexity index is 639. The quantitative estimate of drug-likeness (QED) is 0.778. The van der Waals surface area contributed by atoms with E-state index in [1.54, 1.807) is 37.5 Å². The summed E-state index contributed by atoms with van der Waals surface area (Å²) in [6.07, 6.45) is 0.294. The summed E-state index contributed by atoms with van der Waals surface area (Å²) in [4.78, 5) is 13.8. The van der Waals surface area contributed by atoms with Crippen LogP contribution in [0.2, 0.25) is 0 Å². The second-order valence-electron chi connectivity index (χ2n) is 5.05. The molecular weight excluding hydrogens is 314 g/mol. The first-order valence-corrected chi connectivity index (χ1v) is 8.20. The molecule has 0 fully saturated rings. The highest BCUT2D eigenvalue weighted by molar-refractivity contribution is 7.12. The fraction of sp³-hybridized carbons (Fsp3) is 0.353. The second-order valence-corrected chi connectivity index (χ2v) is 6.25. The summed E-state index contributed by atoms with van der Waals surface area (Å²) in [7, 11) is 1.58. The van der Waals surface area contributed by atoms with E-state index in [-0.39, 0.29) is 12.5 Å². The molecule has 2 rings (SSSR count). The smallest absolute Gasteiger partial charge is 0.257 e. The van der Waals surface area contributed by atoms with Gasteiger partial charge < -0.3 is 19.9 Å². The number of carbonyl (C=O) groups excluding carboxylic acids is 1. The van der Waals surface area contributed by atoms with Crippen molar-refractivity contribution in [2.75, 3.05) is 20.3 Å². The molecule has 2 N–H and O–H groups in total. The molecule has 0 aliphatic carbocycles. The van der Waals surface area contributed by atoms with Gasteiger partial charge in [-0.2, -0.15) is 0 Å². The van der Waals surface area contributed by atoms with Gasteiger partial charge in [0, 0.05) is 22.4 Å². The Morgan fingerprint density at radius 1 is 1.30 bits per heavy atom. The fourth-order valence-corrected chi connectivity index (χ4v) is 2.92. The Balaban J connectivity index is 1.70. The third kappa shape index (κ3) is 5.58. The molecule has 23 heavy (non-hydrogen) atoms. The van der Waals surface area contributed by atoms with Crippen molar-refractivity contribution in [2.24, 2.45) is 0 Å². The van der Waals surface area contributed by atoms with Gasteiger partial charge in [0.05, 0.1) is 13.2 Å². The van der Waals surface area contributed by atoms with Gasteiger partial charge in [-0.25, -0.2) is 0 Å². The number of aliphatic hydroxyl groups excluding tert-OH is 1. The van der Waals surface area contributed by atoms with Crippen LogP contribution in [0.15, 0.2) is 36.4 Å². The number of hydrogen-bond donors (Lipinski definition) is 2. The summed E-state index contributed by atoms with van der Waals surface area (Å²) in [5.41, 5.74) is 0. The van der Waals surface area contributed by atoms with Crippen LogP contribution in [0.3, 0.4) is 0 Å². The minimum atomic E-state index is -0.445. The molecule has 0 aliphatic rings. The number of benzene rings is 1. The van der Waals surface area contributed by atoms with Crippen molar-refractivity contribution in [3.8, 4) is 11.5 Å². The maximum atomic E-state index is 11.8. The minimum Gasteiger partial charge on any atom is -0.497 e. The highest BCUT2D eigenvalue weighted by atomic mass is 32.1. The van der Waals surface area contributed by atoms with E-state index in [4.69, 9.17) is 9.47 Å². The van der Waals surface area contributed by atoms with Crippen molar-refractivity contribution < 1.29 is 19.4 Å². The van der Waals surface area contributed by atoms with Gasteiger partial charge in [-0.3, -0.25) is 4.79 Å². The van der Waals surface area contributed by atoms with E-state index in [0.717, 1.165) is 16.2 Å². The molecule has 6 heteroatoms. The highest BCUT2D eigenvalue weighted by Crippen LogP contribution is 2.23. The zero-order chi connectivity index (χ0) is 16.7. The van der Waals surface area contributed by atoms with Gasteiger partial charge in [-0.1, -0.05) is 6.07 Å². The monoisotopic (exact) mass is 335 g/mol. The van der Waals surface area contributed by atoms with Crippen molar-refractivity contribution in [1.82, 2.24) is 5.32 Å². The fourth-order valence-electron chi connectivity index (χ4n) is 1.97. The summed E-state index contributed by atoms with van der Waals surface area (Å²) in [5, 5.41) is 12.3. The van der Waals surface area contributed by atoms with Crippen LogP contribution in [-0.4, -0.2) is 31.3 Å². The van der Waals surface area contributed by atoms with E-state index in [9.17, 15) is 9.90 Å². The van der Waals surface area contributed by atoms with E-state index in [1.807, 2.05) is 24.3 Å². The number of nitrogens with one attached hydrogen (secondary N) is 1. The molecule has 124 valence electrons. The van der Waals surface area contributed by atoms with Gasteiger partial charge in [0.1, 0.15) is 11.5 Å². The van der Waals surface area contributed by atoms with Crippen molar-refractivity contribution in [3.05, 3.63) is 46.2 Å². The van der Waals surface area contributed by atoms with E-state index < -0.39 is 6.10 Å². The lowest BCUT2D eigenvalue weighted by molar-refractivity contribution is -0.123. The predicted octanol–water partition coefficient (Wildman–Crippen LogP) is 2.55. The molecule has 0 bridgehead atoms. The van der Waals surface area contributed by atoms with Crippen molar-refractivity contribution >= 4 is 17.2 Å². The van der Waals surface area contributed by atoms with Crippen LogP contribution in [0.5, 0.6) is 11.5 Å². The van der Waals surface area contributed by atoms with Crippen LogP contribution in [0.4, 0.5) is 0 Å².